The van der Waals surface area contributed by atoms with Gasteiger partial charge in [-0.15, -0.1) is 0 Å². The fourth-order valence-electron chi connectivity index (χ4n) is 2.63. The molecule has 2 rings (SSSR count). The molecular weight excluding hydrogens is 323 g/mol. The molecular formula is C16H20F3N3O2. The number of hydrogen-bond donors (Lipinski definition) is 1. The van der Waals surface area contributed by atoms with Crippen molar-refractivity contribution in [2.75, 3.05) is 36.9 Å². The van der Waals surface area contributed by atoms with E-state index in [-0.39, 0.29) is 13.0 Å². The van der Waals surface area contributed by atoms with Crippen molar-refractivity contribution in [1.29, 1.82) is 0 Å². The van der Waals surface area contributed by atoms with E-state index in [1.807, 2.05) is 31.0 Å². The standard InChI is InChI=1S/C16H20F3N3O2/c1-3-21(2)13-7-5-4-6-12(13)20-15(24)11-8-14(23)22(9-11)10-16(17,18)19/h4-7,11H,3,8-10H2,1-2H3,(H,20,24). The third-order valence-corrected chi connectivity index (χ3v) is 4.00. The lowest BCUT2D eigenvalue weighted by atomic mass is 10.1. The number of rotatable bonds is 5. The predicted octanol–water partition coefficient (Wildman–Crippen LogP) is 2.49. The van der Waals surface area contributed by atoms with Crippen LogP contribution in [0, 0.1) is 5.92 Å². The summed E-state index contributed by atoms with van der Waals surface area (Å²) < 4.78 is 37.3. The van der Waals surface area contributed by atoms with Crippen molar-refractivity contribution in [3.8, 4) is 0 Å². The van der Waals surface area contributed by atoms with Gasteiger partial charge >= 0.3 is 6.18 Å². The van der Waals surface area contributed by atoms with Crippen LogP contribution in [0.5, 0.6) is 0 Å². The summed E-state index contributed by atoms with van der Waals surface area (Å²) in [5.41, 5.74) is 1.39. The highest BCUT2D eigenvalue weighted by Crippen LogP contribution is 2.28. The first-order chi connectivity index (χ1) is 11.2. The topological polar surface area (TPSA) is 52.7 Å². The van der Waals surface area contributed by atoms with Crippen LogP contribution in [0.4, 0.5) is 24.5 Å². The van der Waals surface area contributed by atoms with Gasteiger partial charge in [-0.1, -0.05) is 12.1 Å². The molecule has 1 aliphatic heterocycles. The third kappa shape index (κ3) is 4.39. The number of alkyl halides is 3. The monoisotopic (exact) mass is 343 g/mol. The van der Waals surface area contributed by atoms with E-state index in [0.29, 0.717) is 10.6 Å². The summed E-state index contributed by atoms with van der Waals surface area (Å²) in [6.45, 7) is 1.16. The molecule has 2 amide bonds. The second kappa shape index (κ2) is 7.11. The largest absolute Gasteiger partial charge is 0.406 e. The lowest BCUT2D eigenvalue weighted by Crippen LogP contribution is -2.36. The summed E-state index contributed by atoms with van der Waals surface area (Å²) in [4.78, 5) is 26.6. The van der Waals surface area contributed by atoms with Gasteiger partial charge in [-0.25, -0.2) is 0 Å². The molecule has 0 bridgehead atoms. The minimum absolute atomic E-state index is 0.201. The van der Waals surface area contributed by atoms with Crippen LogP contribution in [0.3, 0.4) is 0 Å². The lowest BCUT2D eigenvalue weighted by Gasteiger charge is -2.22. The highest BCUT2D eigenvalue weighted by Gasteiger charge is 2.40. The molecule has 1 unspecified atom stereocenters. The van der Waals surface area contributed by atoms with Crippen LogP contribution in [0.25, 0.3) is 0 Å². The summed E-state index contributed by atoms with van der Waals surface area (Å²) in [6, 6.07) is 7.16. The quantitative estimate of drug-likeness (QED) is 0.894. The van der Waals surface area contributed by atoms with Crippen molar-refractivity contribution in [1.82, 2.24) is 4.90 Å². The van der Waals surface area contributed by atoms with Gasteiger partial charge in [0.05, 0.1) is 17.3 Å². The fourth-order valence-corrected chi connectivity index (χ4v) is 2.63. The molecule has 0 radical (unpaired) electrons. The molecule has 1 saturated heterocycles. The normalized spacial score (nSPS) is 18.0. The molecule has 1 heterocycles. The van der Waals surface area contributed by atoms with Crippen LogP contribution in [0.15, 0.2) is 24.3 Å². The average Bonchev–Trinajstić information content (AvgIpc) is 2.86. The van der Waals surface area contributed by atoms with Crippen LogP contribution in [0.1, 0.15) is 13.3 Å². The van der Waals surface area contributed by atoms with Gasteiger partial charge in [0.2, 0.25) is 11.8 Å². The van der Waals surface area contributed by atoms with Gasteiger partial charge in [0.15, 0.2) is 0 Å². The minimum Gasteiger partial charge on any atom is -0.373 e. The van der Waals surface area contributed by atoms with Crippen LogP contribution < -0.4 is 10.2 Å². The summed E-state index contributed by atoms with van der Waals surface area (Å²) in [7, 11) is 1.87. The van der Waals surface area contributed by atoms with E-state index < -0.39 is 30.5 Å². The van der Waals surface area contributed by atoms with Crippen molar-refractivity contribution in [3.63, 3.8) is 0 Å². The number of halogens is 3. The molecule has 1 atom stereocenters. The number of benzene rings is 1. The second-order valence-corrected chi connectivity index (χ2v) is 5.81. The highest BCUT2D eigenvalue weighted by molar-refractivity contribution is 5.99. The van der Waals surface area contributed by atoms with Crippen LogP contribution >= 0.6 is 0 Å². The van der Waals surface area contributed by atoms with E-state index >= 15 is 0 Å². The Morgan fingerprint density at radius 2 is 2.04 bits per heavy atom. The van der Waals surface area contributed by atoms with E-state index in [0.717, 1.165) is 12.2 Å². The summed E-state index contributed by atoms with van der Waals surface area (Å²) >= 11 is 0. The maximum atomic E-state index is 12.4. The molecule has 1 fully saturated rings. The van der Waals surface area contributed by atoms with Gasteiger partial charge in [0, 0.05) is 26.6 Å². The zero-order valence-corrected chi connectivity index (χ0v) is 13.6. The van der Waals surface area contributed by atoms with Gasteiger partial charge in [0.1, 0.15) is 6.54 Å². The van der Waals surface area contributed by atoms with Gasteiger partial charge < -0.3 is 15.1 Å². The number of para-hydroxylation sites is 2. The van der Waals surface area contributed by atoms with Crippen molar-refractivity contribution < 1.29 is 22.8 Å². The Morgan fingerprint density at radius 3 is 2.67 bits per heavy atom. The number of hydrogen-bond acceptors (Lipinski definition) is 3. The molecule has 5 nitrogen and oxygen atoms in total. The third-order valence-electron chi connectivity index (χ3n) is 4.00. The van der Waals surface area contributed by atoms with Crippen LogP contribution in [-0.4, -0.2) is 49.6 Å². The molecule has 8 heteroatoms. The molecule has 24 heavy (non-hydrogen) atoms. The Bertz CT molecular complexity index is 619. The summed E-state index contributed by atoms with van der Waals surface area (Å²) in [6.07, 6.45) is -4.66. The smallest absolute Gasteiger partial charge is 0.373 e. The van der Waals surface area contributed by atoms with E-state index in [1.165, 1.54) is 0 Å². The number of nitrogens with zero attached hydrogens (tertiary/aromatic N) is 2. The number of likely N-dealkylation sites (tertiary alicyclic amines) is 1. The molecule has 1 aliphatic rings. The molecule has 1 N–H and O–H groups in total. The van der Waals surface area contributed by atoms with Crippen LogP contribution in [0.2, 0.25) is 0 Å². The van der Waals surface area contributed by atoms with Gasteiger partial charge in [0.25, 0.3) is 0 Å². The molecule has 0 aliphatic carbocycles. The Morgan fingerprint density at radius 1 is 1.38 bits per heavy atom. The molecule has 0 aromatic heterocycles. The van der Waals surface area contributed by atoms with Crippen molar-refractivity contribution in [2.24, 2.45) is 5.92 Å². The average molecular weight is 343 g/mol. The Hall–Kier alpha value is -2.25. The number of nitrogens with one attached hydrogen (secondary N) is 1. The number of amides is 2. The molecule has 1 aromatic carbocycles. The fraction of sp³-hybridized carbons (Fsp3) is 0.500. The SMILES string of the molecule is CCN(C)c1ccccc1NC(=O)C1CC(=O)N(CC(F)(F)F)C1. The van der Waals surface area contributed by atoms with E-state index in [4.69, 9.17) is 0 Å². The van der Waals surface area contributed by atoms with Crippen molar-refractivity contribution in [2.45, 2.75) is 19.5 Å². The Labute approximate surface area is 138 Å². The van der Waals surface area contributed by atoms with E-state index in [2.05, 4.69) is 5.32 Å². The number of anilines is 2. The van der Waals surface area contributed by atoms with Crippen LogP contribution in [-0.2, 0) is 9.59 Å². The predicted molar refractivity (Wildman–Crippen MR) is 84.8 cm³/mol. The molecule has 132 valence electrons. The number of carbonyl (C=O) groups excluding carboxylic acids is 2. The zero-order chi connectivity index (χ0) is 17.9. The molecule has 1 aromatic rings. The van der Waals surface area contributed by atoms with E-state index in [1.54, 1.807) is 12.1 Å². The Kier molecular flexibility index (Phi) is 5.36. The first-order valence-corrected chi connectivity index (χ1v) is 7.67. The Balaban J connectivity index is 2.05. The highest BCUT2D eigenvalue weighted by atomic mass is 19.4. The number of carbonyl (C=O) groups is 2. The van der Waals surface area contributed by atoms with Crippen molar-refractivity contribution >= 4 is 23.2 Å². The van der Waals surface area contributed by atoms with E-state index in [9.17, 15) is 22.8 Å². The molecule has 0 saturated carbocycles. The summed E-state index contributed by atoms with van der Waals surface area (Å²) in [5, 5.41) is 2.73. The minimum atomic E-state index is -4.46. The van der Waals surface area contributed by atoms with Crippen molar-refractivity contribution in [3.05, 3.63) is 24.3 Å². The zero-order valence-electron chi connectivity index (χ0n) is 13.6. The second-order valence-electron chi connectivity index (χ2n) is 5.81. The molecule has 0 spiro atoms. The summed E-state index contributed by atoms with van der Waals surface area (Å²) in [5.74, 6) is -1.86. The first-order valence-electron chi connectivity index (χ1n) is 7.67. The van der Waals surface area contributed by atoms with Gasteiger partial charge in [-0.05, 0) is 19.1 Å². The maximum Gasteiger partial charge on any atom is 0.406 e. The van der Waals surface area contributed by atoms with Gasteiger partial charge in [-0.3, -0.25) is 9.59 Å². The lowest BCUT2D eigenvalue weighted by molar-refractivity contribution is -0.157. The maximum absolute atomic E-state index is 12.4. The van der Waals surface area contributed by atoms with Gasteiger partial charge in [-0.2, -0.15) is 13.2 Å². The first kappa shape index (κ1) is 18.1.